The lowest BCUT2D eigenvalue weighted by Gasteiger charge is -2.34. The number of hydrogen-bond donors (Lipinski definition) is 2. The van der Waals surface area contributed by atoms with Gasteiger partial charge in [-0.3, -0.25) is 4.99 Å². The molecule has 6 heteroatoms. The molecule has 0 atom stereocenters. The number of guanidine groups is 1. The highest BCUT2D eigenvalue weighted by atomic mass is 32.1. The number of piperidine rings is 1. The number of rotatable bonds is 5. The van der Waals surface area contributed by atoms with Gasteiger partial charge in [-0.25, -0.2) is 0 Å². The highest BCUT2D eigenvalue weighted by molar-refractivity contribution is 7.14. The minimum Gasteiger partial charge on any atom is -0.363 e. The number of hydrogen-bond acceptors (Lipinski definition) is 4. The van der Waals surface area contributed by atoms with Crippen molar-refractivity contribution in [3.63, 3.8) is 0 Å². The van der Waals surface area contributed by atoms with Crippen LogP contribution < -0.4 is 15.5 Å². The molecule has 0 bridgehead atoms. The van der Waals surface area contributed by atoms with Crippen LogP contribution in [0, 0.1) is 0 Å². The Balaban J connectivity index is 1.47. The van der Waals surface area contributed by atoms with Gasteiger partial charge in [0.25, 0.3) is 0 Å². The van der Waals surface area contributed by atoms with Crippen LogP contribution in [0.1, 0.15) is 31.6 Å². The van der Waals surface area contributed by atoms with E-state index in [1.54, 1.807) is 0 Å². The molecule has 1 aliphatic rings. The first-order valence-electron chi connectivity index (χ1n) is 8.88. The molecule has 2 aromatic rings. The van der Waals surface area contributed by atoms with Crippen LogP contribution in [0.15, 0.2) is 40.0 Å². The Hall–Kier alpha value is -1.53. The maximum absolute atomic E-state index is 4.42. The normalized spacial score (nSPS) is 16.9. The van der Waals surface area contributed by atoms with Gasteiger partial charge in [0, 0.05) is 43.0 Å². The zero-order chi connectivity index (χ0) is 17.7. The van der Waals surface area contributed by atoms with Crippen molar-refractivity contribution in [2.45, 2.75) is 38.1 Å². The van der Waals surface area contributed by atoms with Gasteiger partial charge in [0.1, 0.15) is 0 Å². The zero-order valence-corrected chi connectivity index (χ0v) is 16.9. The largest absolute Gasteiger partial charge is 0.363 e. The SMILES string of the molecule is CN=C(NCC(C)(C)c1cccs1)NC1CCN(c2cccs2)CC1. The van der Waals surface area contributed by atoms with E-state index in [1.165, 1.54) is 9.88 Å². The lowest BCUT2D eigenvalue weighted by Crippen LogP contribution is -2.50. The fourth-order valence-corrected chi connectivity index (χ4v) is 4.77. The van der Waals surface area contributed by atoms with Crippen LogP contribution in [0.25, 0.3) is 0 Å². The van der Waals surface area contributed by atoms with Crippen molar-refractivity contribution in [1.29, 1.82) is 0 Å². The third-order valence-electron chi connectivity index (χ3n) is 4.76. The molecule has 0 amide bonds. The molecule has 1 aliphatic heterocycles. The standard InChI is InChI=1S/C19H28N4S2/c1-19(2,16-6-4-12-24-16)14-21-18(20-3)22-15-8-10-23(11-9-15)17-7-5-13-25-17/h4-7,12-13,15H,8-11,14H2,1-3H3,(H2,20,21,22). The van der Waals surface area contributed by atoms with Crippen molar-refractivity contribution in [3.05, 3.63) is 39.9 Å². The van der Waals surface area contributed by atoms with Crippen molar-refractivity contribution in [2.24, 2.45) is 4.99 Å². The summed E-state index contributed by atoms with van der Waals surface area (Å²) >= 11 is 3.65. The van der Waals surface area contributed by atoms with Crippen LogP contribution >= 0.6 is 22.7 Å². The van der Waals surface area contributed by atoms with Crippen molar-refractivity contribution in [3.8, 4) is 0 Å². The Kier molecular flexibility index (Phi) is 6.02. The van der Waals surface area contributed by atoms with E-state index in [-0.39, 0.29) is 5.41 Å². The maximum Gasteiger partial charge on any atom is 0.191 e. The molecule has 4 nitrogen and oxygen atoms in total. The topological polar surface area (TPSA) is 39.7 Å². The summed E-state index contributed by atoms with van der Waals surface area (Å²) in [5.74, 6) is 0.916. The summed E-state index contributed by atoms with van der Waals surface area (Å²) in [5.41, 5.74) is 0.105. The smallest absolute Gasteiger partial charge is 0.191 e. The molecule has 1 saturated heterocycles. The Morgan fingerprint density at radius 2 is 1.92 bits per heavy atom. The molecule has 3 heterocycles. The number of thiophene rings is 2. The molecule has 3 rings (SSSR count). The Bertz CT molecular complexity index is 654. The second kappa shape index (κ2) is 8.23. The zero-order valence-electron chi connectivity index (χ0n) is 15.3. The lowest BCUT2D eigenvalue weighted by molar-refractivity contribution is 0.456. The van der Waals surface area contributed by atoms with Gasteiger partial charge in [-0.15, -0.1) is 22.7 Å². The second-order valence-electron chi connectivity index (χ2n) is 7.14. The predicted molar refractivity (Wildman–Crippen MR) is 111 cm³/mol. The molecule has 2 aromatic heterocycles. The fraction of sp³-hybridized carbons (Fsp3) is 0.526. The molecule has 136 valence electrons. The molecule has 0 radical (unpaired) electrons. The summed E-state index contributed by atoms with van der Waals surface area (Å²) in [7, 11) is 1.86. The quantitative estimate of drug-likeness (QED) is 0.614. The van der Waals surface area contributed by atoms with E-state index in [1.807, 2.05) is 29.7 Å². The van der Waals surface area contributed by atoms with Crippen molar-refractivity contribution in [1.82, 2.24) is 10.6 Å². The van der Waals surface area contributed by atoms with Crippen LogP contribution in [0.5, 0.6) is 0 Å². The van der Waals surface area contributed by atoms with Gasteiger partial charge in [-0.05, 0) is 41.8 Å². The van der Waals surface area contributed by atoms with E-state index in [4.69, 9.17) is 0 Å². The Morgan fingerprint density at radius 3 is 2.52 bits per heavy atom. The molecule has 0 aromatic carbocycles. The maximum atomic E-state index is 4.42. The average Bonchev–Trinajstić information content (AvgIpc) is 3.33. The molecule has 0 unspecified atom stereocenters. The van der Waals surface area contributed by atoms with Crippen LogP contribution in [-0.4, -0.2) is 38.7 Å². The van der Waals surface area contributed by atoms with Crippen molar-refractivity contribution < 1.29 is 0 Å². The summed E-state index contributed by atoms with van der Waals surface area (Å²) in [6, 6.07) is 9.17. The first kappa shape index (κ1) is 18.3. The first-order valence-corrected chi connectivity index (χ1v) is 10.6. The first-order chi connectivity index (χ1) is 12.1. The fourth-order valence-electron chi connectivity index (χ4n) is 3.14. The van der Waals surface area contributed by atoms with E-state index in [0.717, 1.165) is 38.4 Å². The molecule has 0 aliphatic carbocycles. The van der Waals surface area contributed by atoms with Gasteiger partial charge >= 0.3 is 0 Å². The summed E-state index contributed by atoms with van der Waals surface area (Å²) in [4.78, 5) is 8.31. The van der Waals surface area contributed by atoms with Gasteiger partial charge in [0.05, 0.1) is 5.00 Å². The lowest BCUT2D eigenvalue weighted by atomic mass is 9.91. The molecular weight excluding hydrogens is 348 g/mol. The molecule has 1 fully saturated rings. The third kappa shape index (κ3) is 4.76. The van der Waals surface area contributed by atoms with Crippen LogP contribution in [-0.2, 0) is 5.41 Å². The molecular formula is C19H28N4S2. The molecule has 2 N–H and O–H groups in total. The Morgan fingerprint density at radius 1 is 1.20 bits per heavy atom. The van der Waals surface area contributed by atoms with Gasteiger partial charge in [-0.2, -0.15) is 0 Å². The van der Waals surface area contributed by atoms with Crippen LogP contribution in [0.3, 0.4) is 0 Å². The van der Waals surface area contributed by atoms with Gasteiger partial charge in [0.2, 0.25) is 0 Å². The monoisotopic (exact) mass is 376 g/mol. The minimum atomic E-state index is 0.105. The second-order valence-corrected chi connectivity index (χ2v) is 9.02. The van der Waals surface area contributed by atoms with Crippen molar-refractivity contribution in [2.75, 3.05) is 31.6 Å². The van der Waals surface area contributed by atoms with E-state index in [2.05, 4.69) is 69.4 Å². The molecule has 25 heavy (non-hydrogen) atoms. The summed E-state index contributed by atoms with van der Waals surface area (Å²) in [5, 5.41) is 12.8. The number of nitrogens with one attached hydrogen (secondary N) is 2. The average molecular weight is 377 g/mol. The number of aliphatic imine (C=N–C) groups is 1. The summed E-state index contributed by atoms with van der Waals surface area (Å²) in [6.07, 6.45) is 2.29. The third-order valence-corrected chi connectivity index (χ3v) is 6.93. The number of nitrogens with zero attached hydrogens (tertiary/aromatic N) is 2. The van der Waals surface area contributed by atoms with Crippen molar-refractivity contribution >= 4 is 33.6 Å². The van der Waals surface area contributed by atoms with Gasteiger partial charge in [-0.1, -0.05) is 19.9 Å². The summed E-state index contributed by atoms with van der Waals surface area (Å²) < 4.78 is 0. The van der Waals surface area contributed by atoms with Gasteiger partial charge < -0.3 is 15.5 Å². The van der Waals surface area contributed by atoms with E-state index >= 15 is 0 Å². The van der Waals surface area contributed by atoms with Gasteiger partial charge in [0.15, 0.2) is 5.96 Å². The van der Waals surface area contributed by atoms with Crippen LogP contribution in [0.4, 0.5) is 5.00 Å². The van der Waals surface area contributed by atoms with E-state index in [9.17, 15) is 0 Å². The Labute approximate surface area is 159 Å². The molecule has 0 spiro atoms. The highest BCUT2D eigenvalue weighted by Crippen LogP contribution is 2.27. The van der Waals surface area contributed by atoms with E-state index < -0.39 is 0 Å². The molecule has 0 saturated carbocycles. The minimum absolute atomic E-state index is 0.105. The highest BCUT2D eigenvalue weighted by Gasteiger charge is 2.24. The predicted octanol–water partition coefficient (Wildman–Crippen LogP) is 3.92. The number of anilines is 1. The van der Waals surface area contributed by atoms with Crippen LogP contribution in [0.2, 0.25) is 0 Å². The summed E-state index contributed by atoms with van der Waals surface area (Å²) in [6.45, 7) is 7.64. The van der Waals surface area contributed by atoms with E-state index in [0.29, 0.717) is 6.04 Å².